The Morgan fingerprint density at radius 2 is 2.16 bits per heavy atom. The molecule has 0 radical (unpaired) electrons. The molecule has 1 N–H and O–H groups in total. The molecule has 1 unspecified atom stereocenters. The Balaban J connectivity index is 2.10. The number of carbonyl (C=O) groups is 1. The van der Waals surface area contributed by atoms with Crippen LogP contribution in [0, 0.1) is 5.92 Å². The molecular formula is C18H20N4O3. The molecule has 2 heterocycles. The van der Waals surface area contributed by atoms with Crippen molar-refractivity contribution in [3.8, 4) is 0 Å². The molecular weight excluding hydrogens is 320 g/mol. The molecule has 25 heavy (non-hydrogen) atoms. The Morgan fingerprint density at radius 3 is 2.80 bits per heavy atom. The van der Waals surface area contributed by atoms with Crippen LogP contribution >= 0.6 is 0 Å². The number of H-pyrrole nitrogens is 1. The number of carbonyl (C=O) groups excluding carboxylic acids is 1. The summed E-state index contributed by atoms with van der Waals surface area (Å²) in [5.41, 5.74) is 1.37. The topological polar surface area (TPSA) is 89.9 Å². The number of benzene rings is 1. The van der Waals surface area contributed by atoms with Gasteiger partial charge in [0.2, 0.25) is 5.69 Å². The first-order valence-corrected chi connectivity index (χ1v) is 8.19. The predicted octanol–water partition coefficient (Wildman–Crippen LogP) is 2.54. The van der Waals surface area contributed by atoms with E-state index in [2.05, 4.69) is 28.8 Å². The fourth-order valence-electron chi connectivity index (χ4n) is 2.96. The van der Waals surface area contributed by atoms with Crippen LogP contribution < -0.4 is 5.56 Å². The zero-order valence-corrected chi connectivity index (χ0v) is 14.4. The molecule has 0 aliphatic rings. The lowest BCUT2D eigenvalue weighted by Crippen LogP contribution is -2.22. The number of nitrogens with zero attached hydrogens (tertiary/aromatic N) is 3. The fourth-order valence-corrected chi connectivity index (χ4v) is 2.96. The zero-order valence-electron chi connectivity index (χ0n) is 14.4. The summed E-state index contributed by atoms with van der Waals surface area (Å²) in [6, 6.07) is 5.72. The molecule has 7 heteroatoms. The molecule has 130 valence electrons. The van der Waals surface area contributed by atoms with Gasteiger partial charge in [0.1, 0.15) is 0 Å². The smallest absolute Gasteiger partial charge is 0.362 e. The number of esters is 1. The molecule has 1 atom stereocenters. The number of nitrogens with one attached hydrogen (secondary N) is 1. The zero-order chi connectivity index (χ0) is 18.0. The number of imidazole rings is 1. The molecule has 0 saturated carbocycles. The van der Waals surface area contributed by atoms with Gasteiger partial charge in [-0.1, -0.05) is 19.9 Å². The molecule has 1 aromatic carbocycles. The minimum absolute atomic E-state index is 0.0756. The summed E-state index contributed by atoms with van der Waals surface area (Å²) in [6.45, 7) is 6.12. The molecule has 3 aromatic rings. The summed E-state index contributed by atoms with van der Waals surface area (Å²) < 4.78 is 6.93. The Hall–Kier alpha value is -2.96. The highest BCUT2D eigenvalue weighted by Crippen LogP contribution is 2.27. The van der Waals surface area contributed by atoms with Crippen molar-refractivity contribution in [2.24, 2.45) is 5.92 Å². The summed E-state index contributed by atoms with van der Waals surface area (Å²) in [4.78, 5) is 35.0. The van der Waals surface area contributed by atoms with E-state index in [0.717, 1.165) is 5.56 Å². The summed E-state index contributed by atoms with van der Waals surface area (Å²) in [5, 5.41) is 0. The maximum atomic E-state index is 12.0. The highest BCUT2D eigenvalue weighted by Gasteiger charge is 2.19. The van der Waals surface area contributed by atoms with Crippen LogP contribution in [0.25, 0.3) is 11.0 Å². The number of ether oxygens (including phenoxy) is 1. The van der Waals surface area contributed by atoms with E-state index in [1.807, 2.05) is 22.9 Å². The summed E-state index contributed by atoms with van der Waals surface area (Å²) in [7, 11) is 0. The third kappa shape index (κ3) is 3.31. The number of hydrogen-bond donors (Lipinski definition) is 1. The number of aromatic nitrogens is 4. The van der Waals surface area contributed by atoms with E-state index in [-0.39, 0.29) is 18.3 Å². The normalized spacial score (nSPS) is 12.5. The highest BCUT2D eigenvalue weighted by atomic mass is 16.5. The minimum atomic E-state index is -0.717. The van der Waals surface area contributed by atoms with E-state index in [9.17, 15) is 9.59 Å². The van der Waals surface area contributed by atoms with Crippen LogP contribution in [-0.4, -0.2) is 32.1 Å². The van der Waals surface area contributed by atoms with Crippen molar-refractivity contribution in [2.45, 2.75) is 26.8 Å². The molecule has 2 aromatic heterocycles. The number of aromatic amines is 1. The van der Waals surface area contributed by atoms with Crippen molar-refractivity contribution in [1.82, 2.24) is 19.5 Å². The lowest BCUT2D eigenvalue weighted by molar-refractivity contribution is 0.0517. The summed E-state index contributed by atoms with van der Waals surface area (Å²) in [5.74, 6) is -0.398. The van der Waals surface area contributed by atoms with Crippen molar-refractivity contribution in [3.05, 3.63) is 58.5 Å². The van der Waals surface area contributed by atoms with E-state index in [1.54, 1.807) is 25.5 Å². The van der Waals surface area contributed by atoms with Crippen LogP contribution in [0.4, 0.5) is 0 Å². The molecule has 0 aliphatic heterocycles. The van der Waals surface area contributed by atoms with Crippen molar-refractivity contribution >= 4 is 17.0 Å². The predicted molar refractivity (Wildman–Crippen MR) is 93.5 cm³/mol. The van der Waals surface area contributed by atoms with Gasteiger partial charge in [-0.3, -0.25) is 4.79 Å². The van der Waals surface area contributed by atoms with E-state index in [0.29, 0.717) is 17.0 Å². The standard InChI is InChI=1S/C18H20N4O3/c1-4-25-18(24)15-17(23)21-13-6-5-12(9-14(13)20-15)16(11(2)3)22-8-7-19-10-22/h5-11,16H,4H2,1-3H3,(H,21,23). The molecule has 0 amide bonds. The van der Waals surface area contributed by atoms with Crippen molar-refractivity contribution in [3.63, 3.8) is 0 Å². The summed E-state index contributed by atoms with van der Waals surface area (Å²) in [6.07, 6.45) is 5.43. The lowest BCUT2D eigenvalue weighted by Gasteiger charge is -2.23. The lowest BCUT2D eigenvalue weighted by atomic mass is 9.95. The van der Waals surface area contributed by atoms with Gasteiger partial charge in [-0.15, -0.1) is 0 Å². The second-order valence-electron chi connectivity index (χ2n) is 6.11. The maximum Gasteiger partial charge on any atom is 0.362 e. The highest BCUT2D eigenvalue weighted by molar-refractivity contribution is 5.89. The molecule has 0 fully saturated rings. The third-order valence-electron chi connectivity index (χ3n) is 4.01. The van der Waals surface area contributed by atoms with Gasteiger partial charge in [-0.25, -0.2) is 14.8 Å². The SMILES string of the molecule is CCOC(=O)c1nc2cc(C(C(C)C)n3ccnc3)ccc2[nH]c1=O. The van der Waals surface area contributed by atoms with Crippen LogP contribution in [0.3, 0.4) is 0 Å². The van der Waals surface area contributed by atoms with Crippen LogP contribution in [0.15, 0.2) is 41.7 Å². The van der Waals surface area contributed by atoms with Crippen LogP contribution in [0.1, 0.15) is 42.9 Å². The van der Waals surface area contributed by atoms with Gasteiger partial charge in [-0.05, 0) is 30.5 Å². The van der Waals surface area contributed by atoms with Gasteiger partial charge >= 0.3 is 5.97 Å². The number of rotatable bonds is 5. The van der Waals surface area contributed by atoms with Gasteiger partial charge < -0.3 is 14.3 Å². The second-order valence-corrected chi connectivity index (χ2v) is 6.11. The van der Waals surface area contributed by atoms with E-state index < -0.39 is 11.5 Å². The Labute approximate surface area is 144 Å². The van der Waals surface area contributed by atoms with Crippen molar-refractivity contribution < 1.29 is 9.53 Å². The molecule has 0 saturated heterocycles. The molecule has 3 rings (SSSR count). The van der Waals surface area contributed by atoms with Gasteiger partial charge in [0.25, 0.3) is 5.56 Å². The number of hydrogen-bond acceptors (Lipinski definition) is 5. The third-order valence-corrected chi connectivity index (χ3v) is 4.01. The van der Waals surface area contributed by atoms with Gasteiger partial charge in [0.05, 0.1) is 30.0 Å². The fraction of sp³-hybridized carbons (Fsp3) is 0.333. The first-order valence-electron chi connectivity index (χ1n) is 8.19. The van der Waals surface area contributed by atoms with Crippen LogP contribution in [0.2, 0.25) is 0 Å². The van der Waals surface area contributed by atoms with Gasteiger partial charge in [0, 0.05) is 12.4 Å². The Kier molecular flexibility index (Phi) is 4.65. The minimum Gasteiger partial charge on any atom is -0.461 e. The molecule has 0 bridgehead atoms. The van der Waals surface area contributed by atoms with Crippen molar-refractivity contribution in [1.29, 1.82) is 0 Å². The largest absolute Gasteiger partial charge is 0.461 e. The average Bonchev–Trinajstić information content (AvgIpc) is 3.08. The second kappa shape index (κ2) is 6.88. The average molecular weight is 340 g/mol. The van der Waals surface area contributed by atoms with E-state index in [1.165, 1.54) is 0 Å². The number of fused-ring (bicyclic) bond motifs is 1. The van der Waals surface area contributed by atoms with Crippen LogP contribution in [-0.2, 0) is 4.74 Å². The molecule has 0 aliphatic carbocycles. The maximum absolute atomic E-state index is 12.0. The summed E-state index contributed by atoms with van der Waals surface area (Å²) >= 11 is 0. The first kappa shape index (κ1) is 16.9. The van der Waals surface area contributed by atoms with E-state index >= 15 is 0 Å². The van der Waals surface area contributed by atoms with Crippen molar-refractivity contribution in [2.75, 3.05) is 6.61 Å². The first-order chi connectivity index (χ1) is 12.0. The van der Waals surface area contributed by atoms with Gasteiger partial charge in [0.15, 0.2) is 0 Å². The van der Waals surface area contributed by atoms with E-state index in [4.69, 9.17) is 4.74 Å². The monoisotopic (exact) mass is 340 g/mol. The quantitative estimate of drug-likeness (QED) is 0.721. The van der Waals surface area contributed by atoms with Crippen LogP contribution in [0.5, 0.6) is 0 Å². The molecule has 0 spiro atoms. The Bertz CT molecular complexity index is 945. The Morgan fingerprint density at radius 1 is 1.36 bits per heavy atom. The van der Waals surface area contributed by atoms with Gasteiger partial charge in [-0.2, -0.15) is 0 Å². The molecule has 7 nitrogen and oxygen atoms in total.